The Morgan fingerprint density at radius 3 is 2.83 bits per heavy atom. The number of aliphatic carboxylic acids is 1. The number of carbonyl (C=O) groups is 1. The second kappa shape index (κ2) is 8.96. The minimum atomic E-state index is -0.718. The predicted molar refractivity (Wildman–Crippen MR) is 108 cm³/mol. The molecule has 0 radical (unpaired) electrons. The zero-order chi connectivity index (χ0) is 20.1. The largest absolute Gasteiger partial charge is 0.481 e. The van der Waals surface area contributed by atoms with Crippen molar-refractivity contribution >= 4 is 12.2 Å². The van der Waals surface area contributed by atoms with Crippen molar-refractivity contribution < 1.29 is 24.2 Å². The maximum atomic E-state index is 11.2. The van der Waals surface area contributed by atoms with Crippen molar-refractivity contribution in [2.24, 2.45) is 11.1 Å². The van der Waals surface area contributed by atoms with Crippen LogP contribution in [0.1, 0.15) is 18.4 Å². The van der Waals surface area contributed by atoms with Gasteiger partial charge in [-0.3, -0.25) is 9.69 Å². The molecule has 152 valence electrons. The third-order valence-corrected chi connectivity index (χ3v) is 5.25. The smallest absolute Gasteiger partial charge is 0.307 e. The summed E-state index contributed by atoms with van der Waals surface area (Å²) in [7, 11) is 0. The molecule has 0 aliphatic carbocycles. The predicted octanol–water partition coefficient (Wildman–Crippen LogP) is 3.23. The van der Waals surface area contributed by atoms with Gasteiger partial charge in [-0.15, -0.1) is 0 Å². The Morgan fingerprint density at radius 2 is 2.03 bits per heavy atom. The van der Waals surface area contributed by atoms with Crippen LogP contribution in [0, 0.1) is 5.92 Å². The van der Waals surface area contributed by atoms with E-state index < -0.39 is 5.97 Å². The topological polar surface area (TPSA) is 80.6 Å². The van der Waals surface area contributed by atoms with Crippen LogP contribution < -0.4 is 9.47 Å². The first-order valence-electron chi connectivity index (χ1n) is 9.80. The fourth-order valence-electron chi connectivity index (χ4n) is 3.71. The van der Waals surface area contributed by atoms with Gasteiger partial charge in [-0.25, -0.2) is 0 Å². The zero-order valence-electron chi connectivity index (χ0n) is 16.1. The van der Waals surface area contributed by atoms with Crippen LogP contribution in [-0.2, 0) is 9.63 Å². The lowest BCUT2D eigenvalue weighted by molar-refractivity contribution is -0.143. The second-order valence-corrected chi connectivity index (χ2v) is 7.20. The number of hydrogen-bond donors (Lipinski definition) is 1. The minimum absolute atomic E-state index is 0.216. The van der Waals surface area contributed by atoms with Gasteiger partial charge in [0.05, 0.1) is 12.1 Å². The van der Waals surface area contributed by atoms with Gasteiger partial charge in [0.15, 0.2) is 11.5 Å². The zero-order valence-corrected chi connectivity index (χ0v) is 16.1. The van der Waals surface area contributed by atoms with Gasteiger partial charge in [-0.1, -0.05) is 35.5 Å². The molecule has 1 atom stereocenters. The summed E-state index contributed by atoms with van der Waals surface area (Å²) in [6.45, 7) is 2.76. The van der Waals surface area contributed by atoms with Crippen LogP contribution in [0.4, 0.5) is 0 Å². The molecule has 2 aromatic carbocycles. The summed E-state index contributed by atoms with van der Waals surface area (Å²) in [4.78, 5) is 18.7. The molecular weight excluding hydrogens is 372 g/mol. The number of carboxylic acid groups (broad SMARTS) is 1. The molecule has 1 N–H and O–H groups in total. The Bertz CT molecular complexity index is 884. The lowest BCUT2D eigenvalue weighted by Crippen LogP contribution is -2.40. The van der Waals surface area contributed by atoms with Gasteiger partial charge < -0.3 is 19.4 Å². The molecule has 1 fully saturated rings. The molecule has 0 saturated carbocycles. The number of benzene rings is 2. The summed E-state index contributed by atoms with van der Waals surface area (Å²) in [5.41, 5.74) is 2.92. The first kappa shape index (κ1) is 19.3. The quantitative estimate of drug-likeness (QED) is 0.440. The fourth-order valence-corrected chi connectivity index (χ4v) is 3.71. The van der Waals surface area contributed by atoms with E-state index in [9.17, 15) is 9.90 Å². The van der Waals surface area contributed by atoms with E-state index in [1.165, 1.54) is 0 Å². The minimum Gasteiger partial charge on any atom is -0.481 e. The Morgan fingerprint density at radius 1 is 1.24 bits per heavy atom. The van der Waals surface area contributed by atoms with Crippen molar-refractivity contribution in [3.05, 3.63) is 48.0 Å². The maximum Gasteiger partial charge on any atom is 0.307 e. The molecule has 2 heterocycles. The highest BCUT2D eigenvalue weighted by atomic mass is 16.7. The molecule has 2 aromatic rings. The van der Waals surface area contributed by atoms with Crippen molar-refractivity contribution in [2.75, 3.05) is 33.0 Å². The van der Waals surface area contributed by atoms with Crippen molar-refractivity contribution in [2.45, 2.75) is 12.8 Å². The van der Waals surface area contributed by atoms with Crippen LogP contribution in [-0.4, -0.2) is 55.2 Å². The lowest BCUT2D eigenvalue weighted by atomic mass is 9.98. The van der Waals surface area contributed by atoms with Crippen LogP contribution in [0.25, 0.3) is 11.1 Å². The summed E-state index contributed by atoms with van der Waals surface area (Å²) in [6, 6.07) is 13.9. The number of rotatable bonds is 7. The van der Waals surface area contributed by atoms with E-state index in [-0.39, 0.29) is 12.7 Å². The fraction of sp³-hybridized carbons (Fsp3) is 0.364. The van der Waals surface area contributed by atoms with Crippen LogP contribution >= 0.6 is 0 Å². The van der Waals surface area contributed by atoms with E-state index >= 15 is 0 Å². The van der Waals surface area contributed by atoms with Crippen LogP contribution in [0.2, 0.25) is 0 Å². The van der Waals surface area contributed by atoms with Gasteiger partial charge in [0.25, 0.3) is 0 Å². The van der Waals surface area contributed by atoms with E-state index in [2.05, 4.69) is 10.1 Å². The average Bonchev–Trinajstić information content (AvgIpc) is 3.21. The summed E-state index contributed by atoms with van der Waals surface area (Å²) in [5, 5.41) is 13.3. The number of hydrogen-bond acceptors (Lipinski definition) is 6. The molecule has 2 aliphatic rings. The van der Waals surface area contributed by atoms with Gasteiger partial charge in [0.1, 0.15) is 6.61 Å². The number of oxime groups is 1. The molecule has 1 saturated heterocycles. The Balaban J connectivity index is 1.39. The molecule has 2 aliphatic heterocycles. The number of fused-ring (bicyclic) bond motifs is 1. The molecule has 1 unspecified atom stereocenters. The Hall–Kier alpha value is -3.06. The number of nitrogens with zero attached hydrogens (tertiary/aromatic N) is 2. The number of carboxylic acids is 1. The molecule has 0 aromatic heterocycles. The van der Waals surface area contributed by atoms with Gasteiger partial charge in [-0.05, 0) is 42.6 Å². The van der Waals surface area contributed by atoms with E-state index in [0.29, 0.717) is 25.4 Å². The summed E-state index contributed by atoms with van der Waals surface area (Å²) in [5.74, 6) is 0.415. The van der Waals surface area contributed by atoms with Crippen LogP contribution in [0.3, 0.4) is 0 Å². The van der Waals surface area contributed by atoms with Gasteiger partial charge in [0.2, 0.25) is 6.79 Å². The highest BCUT2D eigenvalue weighted by Gasteiger charge is 2.25. The second-order valence-electron chi connectivity index (χ2n) is 7.20. The Kier molecular flexibility index (Phi) is 5.95. The highest BCUT2D eigenvalue weighted by molar-refractivity contribution is 5.91. The normalized spacial score (nSPS) is 18.8. The SMILES string of the molecule is O=C(O)C1CCCN(CCO/N=C/c2cc3c(cc2-c2ccccc2)OCO3)C1. The van der Waals surface area contributed by atoms with Gasteiger partial charge >= 0.3 is 5.97 Å². The first-order chi connectivity index (χ1) is 14.2. The summed E-state index contributed by atoms with van der Waals surface area (Å²) >= 11 is 0. The molecule has 4 rings (SSSR count). The van der Waals surface area contributed by atoms with Crippen molar-refractivity contribution in [1.29, 1.82) is 0 Å². The van der Waals surface area contributed by atoms with Gasteiger partial charge in [-0.2, -0.15) is 0 Å². The van der Waals surface area contributed by atoms with Crippen molar-refractivity contribution in [3.8, 4) is 22.6 Å². The third-order valence-electron chi connectivity index (χ3n) is 5.25. The number of ether oxygens (including phenoxy) is 2. The van der Waals surface area contributed by atoms with Crippen molar-refractivity contribution in [3.63, 3.8) is 0 Å². The summed E-state index contributed by atoms with van der Waals surface area (Å²) < 4.78 is 11.0. The molecule has 7 heteroatoms. The lowest BCUT2D eigenvalue weighted by Gasteiger charge is -2.29. The Labute approximate surface area is 169 Å². The van der Waals surface area contributed by atoms with E-state index in [1.807, 2.05) is 42.5 Å². The highest BCUT2D eigenvalue weighted by Crippen LogP contribution is 2.38. The van der Waals surface area contributed by atoms with Crippen LogP contribution in [0.5, 0.6) is 11.5 Å². The van der Waals surface area contributed by atoms with Crippen molar-refractivity contribution in [1.82, 2.24) is 4.90 Å². The van der Waals surface area contributed by atoms with E-state index in [1.54, 1.807) is 6.21 Å². The molecule has 29 heavy (non-hydrogen) atoms. The third kappa shape index (κ3) is 4.68. The van der Waals surface area contributed by atoms with E-state index in [0.717, 1.165) is 41.8 Å². The molecule has 7 nitrogen and oxygen atoms in total. The molecule has 0 amide bonds. The molecule has 0 spiro atoms. The summed E-state index contributed by atoms with van der Waals surface area (Å²) in [6.07, 6.45) is 3.33. The van der Waals surface area contributed by atoms with Gasteiger partial charge in [0, 0.05) is 18.7 Å². The van der Waals surface area contributed by atoms with E-state index in [4.69, 9.17) is 14.3 Å². The average molecular weight is 396 g/mol. The molecule has 0 bridgehead atoms. The van der Waals surface area contributed by atoms with Crippen LogP contribution in [0.15, 0.2) is 47.6 Å². The number of likely N-dealkylation sites (tertiary alicyclic amines) is 1. The molecular formula is C22H24N2O5. The first-order valence-corrected chi connectivity index (χ1v) is 9.80. The number of piperidine rings is 1. The maximum absolute atomic E-state index is 11.2. The standard InChI is InChI=1S/C22H24N2O5/c25-22(26)17-7-4-8-24(14-17)9-10-29-23-13-18-11-20-21(28-15-27-20)12-19(18)16-5-2-1-3-6-16/h1-3,5-6,11-13,17H,4,7-10,14-15H2,(H,25,26)/b23-13+. The monoisotopic (exact) mass is 396 g/mol.